The molecule has 0 spiro atoms. The summed E-state index contributed by atoms with van der Waals surface area (Å²) in [5.74, 6) is 2.18. The lowest BCUT2D eigenvalue weighted by molar-refractivity contribution is 0.414. The molecule has 0 aliphatic heterocycles. The Balaban J connectivity index is 1.48. The Bertz CT molecular complexity index is 1390. The first kappa shape index (κ1) is 23.7. The summed E-state index contributed by atoms with van der Waals surface area (Å²) in [5, 5.41) is 11.0. The normalized spacial score (nSPS) is 14.6. The van der Waals surface area contributed by atoms with Crippen LogP contribution in [-0.4, -0.2) is 21.9 Å². The van der Waals surface area contributed by atoms with Crippen LogP contribution in [0.15, 0.2) is 62.9 Å². The van der Waals surface area contributed by atoms with Crippen molar-refractivity contribution in [2.24, 2.45) is 0 Å². The number of methoxy groups -OCH3 is 1. The summed E-state index contributed by atoms with van der Waals surface area (Å²) in [5.41, 5.74) is 3.58. The van der Waals surface area contributed by atoms with Crippen LogP contribution in [0.5, 0.6) is 5.75 Å². The number of nitrogens with zero attached hydrogens (tertiary/aromatic N) is 3. The topological polar surface area (TPSA) is 70.2 Å². The lowest BCUT2D eigenvalue weighted by atomic mass is 9.86. The molecule has 1 fully saturated rings. The van der Waals surface area contributed by atoms with E-state index in [1.54, 1.807) is 31.0 Å². The molecule has 0 bridgehead atoms. The molecule has 1 aliphatic rings. The Kier molecular flexibility index (Phi) is 6.45. The fourth-order valence-electron chi connectivity index (χ4n) is 4.78. The van der Waals surface area contributed by atoms with Crippen molar-refractivity contribution in [1.82, 2.24) is 14.8 Å². The minimum absolute atomic E-state index is 0.105. The van der Waals surface area contributed by atoms with Crippen LogP contribution in [0, 0.1) is 0 Å². The summed E-state index contributed by atoms with van der Waals surface area (Å²) < 4.78 is 13.0. The molecular formula is C28H31N3O3S. The van der Waals surface area contributed by atoms with Gasteiger partial charge in [0.15, 0.2) is 11.0 Å². The van der Waals surface area contributed by atoms with Crippen molar-refractivity contribution in [2.45, 2.75) is 68.8 Å². The first-order valence-electron chi connectivity index (χ1n) is 12.1. The van der Waals surface area contributed by atoms with Gasteiger partial charge in [0.25, 0.3) is 0 Å². The van der Waals surface area contributed by atoms with Gasteiger partial charge in [0.2, 0.25) is 0 Å². The van der Waals surface area contributed by atoms with Gasteiger partial charge in [-0.25, -0.2) is 4.79 Å². The molecule has 1 saturated carbocycles. The maximum Gasteiger partial charge on any atom is 0.336 e. The van der Waals surface area contributed by atoms with E-state index in [0.717, 1.165) is 40.3 Å². The third-order valence-corrected chi connectivity index (χ3v) is 7.75. The highest BCUT2D eigenvalue weighted by Gasteiger charge is 2.25. The van der Waals surface area contributed by atoms with Crippen LogP contribution >= 0.6 is 11.8 Å². The van der Waals surface area contributed by atoms with Crippen LogP contribution in [0.25, 0.3) is 22.4 Å². The number of fused-ring (bicyclic) bond motifs is 1. The molecule has 0 N–H and O–H groups in total. The highest BCUT2D eigenvalue weighted by atomic mass is 32.2. The zero-order chi connectivity index (χ0) is 24.6. The van der Waals surface area contributed by atoms with Crippen molar-refractivity contribution in [3.8, 4) is 17.1 Å². The van der Waals surface area contributed by atoms with Gasteiger partial charge in [-0.2, -0.15) is 0 Å². The number of hydrogen-bond donors (Lipinski definition) is 0. The fourth-order valence-corrected chi connectivity index (χ4v) is 5.78. The van der Waals surface area contributed by atoms with Gasteiger partial charge in [0, 0.05) is 34.9 Å². The van der Waals surface area contributed by atoms with Crippen molar-refractivity contribution < 1.29 is 9.15 Å². The van der Waals surface area contributed by atoms with Crippen LogP contribution in [-0.2, 0) is 11.2 Å². The van der Waals surface area contributed by atoms with E-state index in [9.17, 15) is 4.79 Å². The van der Waals surface area contributed by atoms with E-state index in [1.807, 2.05) is 12.1 Å². The number of rotatable bonds is 6. The van der Waals surface area contributed by atoms with Gasteiger partial charge in [0.05, 0.1) is 7.11 Å². The molecule has 5 rings (SSSR count). The zero-order valence-electron chi connectivity index (χ0n) is 20.7. The second kappa shape index (κ2) is 9.53. The largest absolute Gasteiger partial charge is 0.497 e. The van der Waals surface area contributed by atoms with Crippen molar-refractivity contribution >= 4 is 22.7 Å². The number of hydrogen-bond acceptors (Lipinski definition) is 6. The molecular weight excluding hydrogens is 458 g/mol. The fraction of sp³-hybridized carbons (Fsp3) is 0.393. The maximum atomic E-state index is 12.2. The molecule has 2 aromatic heterocycles. The summed E-state index contributed by atoms with van der Waals surface area (Å²) in [7, 11) is 1.60. The second-order valence-corrected chi connectivity index (χ2v) is 11.1. The standard InChI is InChI=1S/C28H31N3O3S/c1-28(2,3)20-11-9-18(10-12-20)26-29-30-27(31(26)21-7-5-6-8-21)35-17-19-15-25(32)34-24-16-22(33-4)13-14-23(19)24/h9-16,21H,5-8,17H2,1-4H3. The summed E-state index contributed by atoms with van der Waals surface area (Å²) >= 11 is 1.62. The monoisotopic (exact) mass is 489 g/mol. The van der Waals surface area contributed by atoms with Crippen LogP contribution in [0.3, 0.4) is 0 Å². The smallest absolute Gasteiger partial charge is 0.336 e. The molecule has 0 saturated heterocycles. The lowest BCUT2D eigenvalue weighted by Gasteiger charge is -2.20. The highest BCUT2D eigenvalue weighted by Crippen LogP contribution is 2.38. The van der Waals surface area contributed by atoms with E-state index < -0.39 is 0 Å². The van der Waals surface area contributed by atoms with Crippen LogP contribution in [0.2, 0.25) is 0 Å². The number of thioether (sulfide) groups is 1. The predicted molar refractivity (Wildman–Crippen MR) is 140 cm³/mol. The van der Waals surface area contributed by atoms with Gasteiger partial charge in [-0.05, 0) is 41.5 Å². The molecule has 0 unspecified atom stereocenters. The third kappa shape index (κ3) is 4.87. The summed E-state index contributed by atoms with van der Waals surface area (Å²) in [6, 6.07) is 16.3. The van der Waals surface area contributed by atoms with Crippen molar-refractivity contribution in [3.63, 3.8) is 0 Å². The first-order chi connectivity index (χ1) is 16.8. The van der Waals surface area contributed by atoms with E-state index >= 15 is 0 Å². The molecule has 0 amide bonds. The molecule has 1 aliphatic carbocycles. The van der Waals surface area contributed by atoms with Crippen molar-refractivity contribution in [2.75, 3.05) is 7.11 Å². The number of aromatic nitrogens is 3. The van der Waals surface area contributed by atoms with E-state index in [4.69, 9.17) is 9.15 Å². The van der Waals surface area contributed by atoms with E-state index in [0.29, 0.717) is 23.1 Å². The average Bonchev–Trinajstić information content (AvgIpc) is 3.51. The third-order valence-electron chi connectivity index (χ3n) is 6.76. The van der Waals surface area contributed by atoms with Gasteiger partial charge >= 0.3 is 5.63 Å². The predicted octanol–water partition coefficient (Wildman–Crippen LogP) is 6.77. The van der Waals surface area contributed by atoms with Crippen LogP contribution in [0.4, 0.5) is 0 Å². The molecule has 35 heavy (non-hydrogen) atoms. The summed E-state index contributed by atoms with van der Waals surface area (Å²) in [6.45, 7) is 6.67. The second-order valence-electron chi connectivity index (χ2n) is 10.2. The van der Waals surface area contributed by atoms with Crippen molar-refractivity contribution in [1.29, 1.82) is 0 Å². The maximum absolute atomic E-state index is 12.2. The average molecular weight is 490 g/mol. The Morgan fingerprint density at radius 2 is 1.80 bits per heavy atom. The minimum Gasteiger partial charge on any atom is -0.497 e. The molecule has 4 aromatic rings. The van der Waals surface area contributed by atoms with Gasteiger partial charge in [-0.15, -0.1) is 10.2 Å². The quantitative estimate of drug-likeness (QED) is 0.220. The Labute approximate surface area is 209 Å². The molecule has 2 aromatic carbocycles. The Morgan fingerprint density at radius 1 is 1.06 bits per heavy atom. The van der Waals surface area contributed by atoms with E-state index in [-0.39, 0.29) is 11.0 Å². The number of ether oxygens (including phenoxy) is 1. The van der Waals surface area contributed by atoms with Crippen LogP contribution in [0.1, 0.15) is 63.6 Å². The molecule has 182 valence electrons. The zero-order valence-corrected chi connectivity index (χ0v) is 21.5. The van der Waals surface area contributed by atoms with Gasteiger partial charge in [0.1, 0.15) is 11.3 Å². The van der Waals surface area contributed by atoms with Gasteiger partial charge in [-0.3, -0.25) is 4.57 Å². The SMILES string of the molecule is COc1ccc2c(CSc3nnc(-c4ccc(C(C)(C)C)cc4)n3C3CCCC3)cc(=O)oc2c1. The summed E-state index contributed by atoms with van der Waals surface area (Å²) in [4.78, 5) is 12.2. The first-order valence-corrected chi connectivity index (χ1v) is 13.1. The van der Waals surface area contributed by atoms with Gasteiger partial charge in [-0.1, -0.05) is 69.6 Å². The van der Waals surface area contributed by atoms with Crippen molar-refractivity contribution in [3.05, 3.63) is 70.1 Å². The Morgan fingerprint density at radius 3 is 2.49 bits per heavy atom. The molecule has 0 radical (unpaired) electrons. The summed E-state index contributed by atoms with van der Waals surface area (Å²) in [6.07, 6.45) is 4.72. The highest BCUT2D eigenvalue weighted by molar-refractivity contribution is 7.98. The molecule has 7 heteroatoms. The Hall–Kier alpha value is -3.06. The van der Waals surface area contributed by atoms with Crippen LogP contribution < -0.4 is 10.4 Å². The molecule has 2 heterocycles. The number of benzene rings is 2. The lowest BCUT2D eigenvalue weighted by Crippen LogP contribution is -2.11. The van der Waals surface area contributed by atoms with E-state index in [2.05, 4.69) is 59.8 Å². The molecule has 6 nitrogen and oxygen atoms in total. The minimum atomic E-state index is -0.363. The van der Waals surface area contributed by atoms with E-state index in [1.165, 1.54) is 18.4 Å². The van der Waals surface area contributed by atoms with Gasteiger partial charge < -0.3 is 9.15 Å². The molecule has 0 atom stereocenters.